The van der Waals surface area contributed by atoms with Crippen LogP contribution in [-0.4, -0.2) is 11.9 Å². The number of rotatable bonds is 4. The predicted molar refractivity (Wildman–Crippen MR) is 33.0 cm³/mol. The van der Waals surface area contributed by atoms with E-state index in [-0.39, 0.29) is 83.1 Å². The molecule has 0 aromatic rings. The molecule has 0 aromatic carbocycles. The van der Waals surface area contributed by atoms with Gasteiger partial charge >= 0.3 is 70.2 Å². The Bertz CT molecular complexity index is 163. The molecular formula is C7H10KLiO4. The maximum absolute atomic E-state index is 10.4. The van der Waals surface area contributed by atoms with Gasteiger partial charge in [0.1, 0.15) is 0 Å². The van der Waals surface area contributed by atoms with Gasteiger partial charge in [-0.2, -0.15) is 0 Å². The first-order valence-electron chi connectivity index (χ1n) is 3.44. The summed E-state index contributed by atoms with van der Waals surface area (Å²) in [4.78, 5) is 20.8. The fraction of sp³-hybridized carbons (Fsp3) is 0.714. The summed E-state index contributed by atoms with van der Waals surface area (Å²) in [6.45, 7) is 2.96. The number of aliphatic carboxylic acids is 2. The van der Waals surface area contributed by atoms with Crippen LogP contribution in [0, 0.1) is 5.41 Å². The Kier molecular flexibility index (Phi) is 12.9. The van der Waals surface area contributed by atoms with Gasteiger partial charge in [0.25, 0.3) is 0 Å². The zero-order chi connectivity index (χ0) is 9.07. The minimum Gasteiger partial charge on any atom is -0.549 e. The smallest absolute Gasteiger partial charge is 0.549 e. The molecule has 4 nitrogen and oxygen atoms in total. The summed E-state index contributed by atoms with van der Waals surface area (Å²) in [7, 11) is 0. The molecule has 0 amide bonds. The van der Waals surface area contributed by atoms with Crippen molar-refractivity contribution >= 4 is 11.9 Å². The van der Waals surface area contributed by atoms with E-state index in [2.05, 4.69) is 0 Å². The second-order valence-corrected chi connectivity index (χ2v) is 2.36. The van der Waals surface area contributed by atoms with Crippen LogP contribution in [0.3, 0.4) is 0 Å². The molecule has 0 aliphatic rings. The van der Waals surface area contributed by atoms with E-state index in [0.29, 0.717) is 0 Å². The Balaban J connectivity index is -0.000000500. The van der Waals surface area contributed by atoms with Gasteiger partial charge in [-0.05, 0) is 12.8 Å². The Morgan fingerprint density at radius 1 is 1.08 bits per heavy atom. The monoisotopic (exact) mass is 204 g/mol. The molecule has 0 bridgehead atoms. The first-order chi connectivity index (χ1) is 5.01. The summed E-state index contributed by atoms with van der Waals surface area (Å²) < 4.78 is 0. The molecule has 0 radical (unpaired) electrons. The van der Waals surface area contributed by atoms with E-state index in [0.717, 1.165) is 0 Å². The third kappa shape index (κ3) is 4.47. The fourth-order valence-electron chi connectivity index (χ4n) is 0.911. The van der Waals surface area contributed by atoms with Crippen molar-refractivity contribution < 1.29 is 90.0 Å². The number of carboxylic acids is 2. The van der Waals surface area contributed by atoms with E-state index < -0.39 is 17.4 Å². The van der Waals surface area contributed by atoms with Gasteiger partial charge in [-0.15, -0.1) is 0 Å². The van der Waals surface area contributed by atoms with Crippen LogP contribution in [0.15, 0.2) is 0 Å². The van der Waals surface area contributed by atoms with Crippen molar-refractivity contribution in [2.24, 2.45) is 5.41 Å². The van der Waals surface area contributed by atoms with Gasteiger partial charge in [0.15, 0.2) is 0 Å². The molecule has 0 aromatic heterocycles. The largest absolute Gasteiger partial charge is 1.00 e. The average Bonchev–Trinajstić information content (AvgIpc) is 1.90. The van der Waals surface area contributed by atoms with E-state index in [1.54, 1.807) is 0 Å². The molecule has 0 unspecified atom stereocenters. The van der Waals surface area contributed by atoms with Gasteiger partial charge in [-0.1, -0.05) is 13.8 Å². The summed E-state index contributed by atoms with van der Waals surface area (Å²) in [5.41, 5.74) is -1.81. The Morgan fingerprint density at radius 3 is 1.31 bits per heavy atom. The summed E-state index contributed by atoms with van der Waals surface area (Å²) in [5, 5.41) is 20.8. The zero-order valence-corrected chi connectivity index (χ0v) is 11.7. The molecule has 0 heterocycles. The number of carboxylic acid groups (broad SMARTS) is 2. The maximum atomic E-state index is 10.4. The molecule has 0 saturated carbocycles. The normalized spacial score (nSPS) is 9.38. The Morgan fingerprint density at radius 2 is 1.31 bits per heavy atom. The second kappa shape index (κ2) is 8.48. The number of hydrogen-bond acceptors (Lipinski definition) is 4. The number of carbonyl (C=O) groups is 2. The third-order valence-corrected chi connectivity index (χ3v) is 1.99. The topological polar surface area (TPSA) is 80.3 Å². The molecule has 0 saturated heterocycles. The van der Waals surface area contributed by atoms with Crippen LogP contribution in [0.25, 0.3) is 0 Å². The van der Waals surface area contributed by atoms with Gasteiger partial charge < -0.3 is 19.8 Å². The first-order valence-corrected chi connectivity index (χ1v) is 3.44. The standard InChI is InChI=1S/C7H12O4.K.Li/c1-3-7(4-2,5(8)9)6(10)11;;/h3-4H2,1-2H3,(H,8,9)(H,10,11);;/q;2*+1/p-2. The van der Waals surface area contributed by atoms with Crippen molar-refractivity contribution in [3.63, 3.8) is 0 Å². The van der Waals surface area contributed by atoms with E-state index >= 15 is 0 Å². The molecule has 6 heteroatoms. The first kappa shape index (κ1) is 19.7. The maximum Gasteiger partial charge on any atom is 1.00 e. The van der Waals surface area contributed by atoms with Crippen molar-refractivity contribution in [3.05, 3.63) is 0 Å². The van der Waals surface area contributed by atoms with Crippen LogP contribution in [0.5, 0.6) is 0 Å². The SMILES string of the molecule is CCC(CC)(C(=O)[O-])C(=O)[O-].[K+].[Li+]. The molecule has 13 heavy (non-hydrogen) atoms. The van der Waals surface area contributed by atoms with Crippen LogP contribution in [0.1, 0.15) is 26.7 Å². The minimum atomic E-state index is -1.81. The quantitative estimate of drug-likeness (QED) is 0.336. The predicted octanol–water partition coefficient (Wildman–Crippen LogP) is -7.70. The number of carbonyl (C=O) groups excluding carboxylic acids is 2. The third-order valence-electron chi connectivity index (χ3n) is 1.99. The molecule has 64 valence electrons. The van der Waals surface area contributed by atoms with Crippen LogP contribution in [0.2, 0.25) is 0 Å². The van der Waals surface area contributed by atoms with Crippen molar-refractivity contribution in [1.29, 1.82) is 0 Å². The van der Waals surface area contributed by atoms with Crippen molar-refractivity contribution in [2.45, 2.75) is 26.7 Å². The number of hydrogen-bond donors (Lipinski definition) is 0. The van der Waals surface area contributed by atoms with E-state index in [9.17, 15) is 19.8 Å². The van der Waals surface area contributed by atoms with Gasteiger partial charge in [-0.25, -0.2) is 0 Å². The summed E-state index contributed by atoms with van der Waals surface area (Å²) in [6, 6.07) is 0. The summed E-state index contributed by atoms with van der Waals surface area (Å²) in [5.74, 6) is -3.13. The van der Waals surface area contributed by atoms with Crippen LogP contribution >= 0.6 is 0 Å². The van der Waals surface area contributed by atoms with Crippen LogP contribution in [-0.2, 0) is 9.59 Å². The van der Waals surface area contributed by atoms with Gasteiger partial charge in [-0.3, -0.25) is 0 Å². The fourth-order valence-corrected chi connectivity index (χ4v) is 0.911. The van der Waals surface area contributed by atoms with Crippen molar-refractivity contribution in [2.75, 3.05) is 0 Å². The van der Waals surface area contributed by atoms with Gasteiger partial charge in [0.2, 0.25) is 0 Å². The molecule has 0 spiro atoms. The van der Waals surface area contributed by atoms with E-state index in [1.807, 2.05) is 0 Å². The molecule has 0 fully saturated rings. The zero-order valence-electron chi connectivity index (χ0n) is 8.55. The van der Waals surface area contributed by atoms with Gasteiger partial charge in [0, 0.05) is 5.41 Å². The molecule has 0 aliphatic carbocycles. The van der Waals surface area contributed by atoms with Crippen LogP contribution in [0.4, 0.5) is 0 Å². The van der Waals surface area contributed by atoms with Crippen molar-refractivity contribution in [3.8, 4) is 0 Å². The Labute approximate surface area is 132 Å². The summed E-state index contributed by atoms with van der Waals surface area (Å²) >= 11 is 0. The minimum absolute atomic E-state index is 0. The molecular weight excluding hydrogens is 194 g/mol. The van der Waals surface area contributed by atoms with Gasteiger partial charge in [0.05, 0.1) is 11.9 Å². The summed E-state index contributed by atoms with van der Waals surface area (Å²) in [6.07, 6.45) is -0.0116. The molecule has 0 rings (SSSR count). The average molecular weight is 204 g/mol. The second-order valence-electron chi connectivity index (χ2n) is 2.36. The molecule has 0 N–H and O–H groups in total. The Hall–Kier alpha value is 1.17. The molecule has 0 atom stereocenters. The van der Waals surface area contributed by atoms with Crippen LogP contribution < -0.4 is 80.5 Å². The van der Waals surface area contributed by atoms with E-state index in [4.69, 9.17) is 0 Å². The molecule has 0 aliphatic heterocycles. The van der Waals surface area contributed by atoms with Crippen molar-refractivity contribution in [1.82, 2.24) is 0 Å². The van der Waals surface area contributed by atoms with E-state index in [1.165, 1.54) is 13.8 Å².